The molecular formula is C14H19NO2S2. The van der Waals surface area contributed by atoms with Gasteiger partial charge < -0.3 is 4.74 Å². The molecule has 1 aromatic heterocycles. The maximum Gasteiger partial charge on any atom is 0.299 e. The molecule has 1 heterocycles. The minimum Gasteiger partial charge on any atom is -0.416 e. The molecule has 0 atom stereocenters. The van der Waals surface area contributed by atoms with Crippen LogP contribution in [0.25, 0.3) is 12.2 Å². The standard InChI is InChI=1S/C11H14S.C3H5NO2S/c1-4-6-10-8-9(3)12-11(10)7-5-2;1-7-4-2-6-3-5/h4-8H,1-3H3;2-3H,1H3/b6-4-,7-5-;4-2-. The summed E-state index contributed by atoms with van der Waals surface area (Å²) in [5, 5.41) is 0. The number of aryl methyl sites for hydroxylation is 1. The Labute approximate surface area is 123 Å². The maximum absolute atomic E-state index is 9.36. The van der Waals surface area contributed by atoms with E-state index in [1.54, 1.807) is 6.26 Å². The molecule has 0 spiro atoms. The normalized spacial score (nSPS) is 10.9. The molecule has 0 aliphatic rings. The fraction of sp³-hybridized carbons (Fsp3) is 0.286. The van der Waals surface area contributed by atoms with Gasteiger partial charge in [0.05, 0.1) is 0 Å². The van der Waals surface area contributed by atoms with Crippen LogP contribution in [0.3, 0.4) is 0 Å². The van der Waals surface area contributed by atoms with Crippen molar-refractivity contribution in [1.29, 1.82) is 0 Å². The van der Waals surface area contributed by atoms with Crippen molar-refractivity contribution >= 4 is 48.3 Å². The number of hydrogen-bond donors (Lipinski definition) is 0. The predicted molar refractivity (Wildman–Crippen MR) is 87.6 cm³/mol. The summed E-state index contributed by atoms with van der Waals surface area (Å²) in [6.45, 7) is 6.56. The molecule has 0 N–H and O–H groups in total. The van der Waals surface area contributed by atoms with Crippen molar-refractivity contribution in [2.24, 2.45) is 4.40 Å². The van der Waals surface area contributed by atoms with Gasteiger partial charge in [0.25, 0.3) is 6.47 Å². The van der Waals surface area contributed by atoms with E-state index in [1.807, 2.05) is 18.3 Å². The van der Waals surface area contributed by atoms with Gasteiger partial charge >= 0.3 is 0 Å². The molecule has 0 aliphatic carbocycles. The van der Waals surface area contributed by atoms with Crippen LogP contribution in [0, 0.1) is 6.92 Å². The number of allylic oxidation sites excluding steroid dienone is 2. The molecule has 0 bridgehead atoms. The average molecular weight is 297 g/mol. The van der Waals surface area contributed by atoms with E-state index in [2.05, 4.69) is 53.4 Å². The first-order valence-corrected chi connectivity index (χ1v) is 7.69. The van der Waals surface area contributed by atoms with Gasteiger partial charge in [-0.05, 0) is 50.4 Å². The number of carbonyl (C=O) groups is 1. The Hall–Kier alpha value is -1.33. The smallest absolute Gasteiger partial charge is 0.299 e. The van der Waals surface area contributed by atoms with Crippen LogP contribution in [0.15, 0.2) is 22.6 Å². The van der Waals surface area contributed by atoms with Crippen LogP contribution in [-0.2, 0) is 9.53 Å². The highest BCUT2D eigenvalue weighted by molar-refractivity contribution is 7.97. The largest absolute Gasteiger partial charge is 0.416 e. The second-order valence-electron chi connectivity index (χ2n) is 3.30. The molecule has 0 saturated heterocycles. The fourth-order valence-electron chi connectivity index (χ4n) is 1.24. The molecular weight excluding hydrogens is 278 g/mol. The second-order valence-corrected chi connectivity index (χ2v) is 5.17. The summed E-state index contributed by atoms with van der Waals surface area (Å²) >= 11 is 3.07. The van der Waals surface area contributed by atoms with E-state index >= 15 is 0 Å². The van der Waals surface area contributed by atoms with E-state index in [-0.39, 0.29) is 0 Å². The van der Waals surface area contributed by atoms with Gasteiger partial charge in [-0.2, -0.15) is 4.40 Å². The number of thiophene rings is 1. The molecule has 0 aromatic carbocycles. The Bertz CT molecular complexity index is 419. The molecule has 1 aromatic rings. The summed E-state index contributed by atoms with van der Waals surface area (Å²) in [5.41, 5.74) is 1.33. The van der Waals surface area contributed by atoms with Crippen molar-refractivity contribution in [3.05, 3.63) is 33.5 Å². The Balaban J connectivity index is 0.000000399. The average Bonchev–Trinajstić information content (AvgIpc) is 2.72. The van der Waals surface area contributed by atoms with E-state index in [0.29, 0.717) is 6.47 Å². The molecule has 0 amide bonds. The van der Waals surface area contributed by atoms with Gasteiger partial charge in [0.1, 0.15) is 0 Å². The molecule has 104 valence electrons. The number of carbonyl (C=O) groups excluding carboxylic acids is 1. The Morgan fingerprint density at radius 3 is 2.53 bits per heavy atom. The van der Waals surface area contributed by atoms with Gasteiger partial charge in [0.15, 0.2) is 6.40 Å². The van der Waals surface area contributed by atoms with Crippen LogP contribution in [-0.4, -0.2) is 19.1 Å². The highest BCUT2D eigenvalue weighted by Crippen LogP contribution is 2.24. The molecule has 3 nitrogen and oxygen atoms in total. The molecule has 0 unspecified atom stereocenters. The highest BCUT2D eigenvalue weighted by Gasteiger charge is 1.99. The Morgan fingerprint density at radius 1 is 1.32 bits per heavy atom. The third kappa shape index (κ3) is 8.40. The monoisotopic (exact) mass is 297 g/mol. The molecule has 0 radical (unpaired) electrons. The first-order chi connectivity index (χ1) is 9.19. The van der Waals surface area contributed by atoms with Crippen molar-refractivity contribution in [3.8, 4) is 0 Å². The van der Waals surface area contributed by atoms with E-state index in [4.69, 9.17) is 0 Å². The molecule has 0 saturated carbocycles. The minimum absolute atomic E-state index is 0.319. The lowest BCUT2D eigenvalue weighted by molar-refractivity contribution is -0.121. The first kappa shape index (κ1) is 17.7. The van der Waals surface area contributed by atoms with Crippen molar-refractivity contribution in [3.63, 3.8) is 0 Å². The van der Waals surface area contributed by atoms with E-state index in [0.717, 1.165) is 6.40 Å². The van der Waals surface area contributed by atoms with Crippen LogP contribution >= 0.6 is 23.3 Å². The zero-order chi connectivity index (χ0) is 14.5. The number of rotatable bonds is 5. The fourth-order valence-corrected chi connectivity index (χ4v) is 2.35. The van der Waals surface area contributed by atoms with E-state index < -0.39 is 0 Å². The summed E-state index contributed by atoms with van der Waals surface area (Å²) in [7, 11) is 0. The van der Waals surface area contributed by atoms with Crippen LogP contribution in [0.1, 0.15) is 29.2 Å². The minimum atomic E-state index is 0.319. The maximum atomic E-state index is 9.36. The third-order valence-corrected chi connectivity index (χ3v) is 3.17. The zero-order valence-corrected chi connectivity index (χ0v) is 13.3. The van der Waals surface area contributed by atoms with Gasteiger partial charge in [0, 0.05) is 16.0 Å². The SMILES string of the molecule is C/C=C\c1cc(C)sc1/C=C\C.CS/N=C\OC=O. The van der Waals surface area contributed by atoms with Gasteiger partial charge in [-0.1, -0.05) is 18.2 Å². The van der Waals surface area contributed by atoms with Crippen LogP contribution < -0.4 is 0 Å². The molecule has 0 aliphatic heterocycles. The molecule has 19 heavy (non-hydrogen) atoms. The summed E-state index contributed by atoms with van der Waals surface area (Å²) in [5.74, 6) is 0. The highest BCUT2D eigenvalue weighted by atomic mass is 32.2. The van der Waals surface area contributed by atoms with Crippen molar-refractivity contribution in [2.45, 2.75) is 20.8 Å². The first-order valence-electron chi connectivity index (χ1n) is 5.69. The number of hydrogen-bond acceptors (Lipinski definition) is 5. The number of nitrogens with zero attached hydrogens (tertiary/aromatic N) is 1. The predicted octanol–water partition coefficient (Wildman–Crippen LogP) is 4.59. The van der Waals surface area contributed by atoms with Gasteiger partial charge in [-0.15, -0.1) is 11.3 Å². The second kappa shape index (κ2) is 11.7. The summed E-state index contributed by atoms with van der Waals surface area (Å²) in [6, 6.07) is 2.22. The number of ether oxygens (including phenoxy) is 1. The molecule has 5 heteroatoms. The summed E-state index contributed by atoms with van der Waals surface area (Å²) in [4.78, 5) is 12.1. The lowest BCUT2D eigenvalue weighted by Gasteiger charge is -1.88. The quantitative estimate of drug-likeness (QED) is 0.345. The topological polar surface area (TPSA) is 38.7 Å². The Kier molecular flexibility index (Phi) is 10.9. The van der Waals surface area contributed by atoms with Crippen LogP contribution in [0.5, 0.6) is 0 Å². The van der Waals surface area contributed by atoms with Gasteiger partial charge in [-0.25, -0.2) is 0 Å². The van der Waals surface area contributed by atoms with Crippen LogP contribution in [0.2, 0.25) is 0 Å². The van der Waals surface area contributed by atoms with E-state index in [1.165, 1.54) is 27.3 Å². The van der Waals surface area contributed by atoms with E-state index in [9.17, 15) is 4.79 Å². The van der Waals surface area contributed by atoms with Gasteiger partial charge in [-0.3, -0.25) is 4.79 Å². The van der Waals surface area contributed by atoms with Crippen molar-refractivity contribution in [1.82, 2.24) is 0 Å². The third-order valence-electron chi connectivity index (χ3n) is 1.84. The Morgan fingerprint density at radius 2 is 2.00 bits per heavy atom. The lowest BCUT2D eigenvalue weighted by Crippen LogP contribution is -1.78. The lowest BCUT2D eigenvalue weighted by atomic mass is 10.2. The van der Waals surface area contributed by atoms with Crippen LogP contribution in [0.4, 0.5) is 0 Å². The molecule has 1 rings (SSSR count). The van der Waals surface area contributed by atoms with Gasteiger partial charge in [0.2, 0.25) is 0 Å². The zero-order valence-electron chi connectivity index (χ0n) is 11.6. The summed E-state index contributed by atoms with van der Waals surface area (Å²) in [6.07, 6.45) is 11.3. The molecule has 0 fully saturated rings. The van der Waals surface area contributed by atoms with Crippen molar-refractivity contribution < 1.29 is 9.53 Å². The summed E-state index contributed by atoms with van der Waals surface area (Å²) < 4.78 is 7.58. The van der Waals surface area contributed by atoms with Crippen molar-refractivity contribution in [2.75, 3.05) is 6.26 Å².